The minimum Gasteiger partial charge on any atom is -0.353 e. The van der Waals surface area contributed by atoms with Gasteiger partial charge < -0.3 is 10.2 Å². The highest BCUT2D eigenvalue weighted by atomic mass is 35.5. The third-order valence-electron chi connectivity index (χ3n) is 4.02. The van der Waals surface area contributed by atoms with Gasteiger partial charge in [-0.3, -0.25) is 9.59 Å². The van der Waals surface area contributed by atoms with Crippen molar-refractivity contribution >= 4 is 23.4 Å². The molecule has 1 aliphatic rings. The maximum atomic E-state index is 12.3. The first kappa shape index (κ1) is 16.8. The van der Waals surface area contributed by atoms with Crippen LogP contribution >= 0.6 is 11.6 Å². The molecule has 0 aromatic heterocycles. The Hall–Kier alpha value is -1.55. The van der Waals surface area contributed by atoms with E-state index < -0.39 is 0 Å². The van der Waals surface area contributed by atoms with E-state index in [1.165, 1.54) is 0 Å². The van der Waals surface area contributed by atoms with Crippen LogP contribution in [0.5, 0.6) is 0 Å². The van der Waals surface area contributed by atoms with Crippen LogP contribution in [0.25, 0.3) is 0 Å². The van der Waals surface area contributed by atoms with Gasteiger partial charge in [0, 0.05) is 30.1 Å². The number of likely N-dealkylation sites (tertiary alicyclic amines) is 1. The molecular formula is C17H23ClN2O2. The Labute approximate surface area is 136 Å². The van der Waals surface area contributed by atoms with Crippen molar-refractivity contribution in [3.63, 3.8) is 0 Å². The van der Waals surface area contributed by atoms with Crippen molar-refractivity contribution in [2.45, 2.75) is 39.2 Å². The largest absolute Gasteiger partial charge is 0.353 e. The van der Waals surface area contributed by atoms with Crippen LogP contribution in [0.2, 0.25) is 5.02 Å². The molecule has 1 N–H and O–H groups in total. The molecular weight excluding hydrogens is 300 g/mol. The van der Waals surface area contributed by atoms with E-state index in [0.29, 0.717) is 24.5 Å². The Morgan fingerprint density at radius 3 is 2.50 bits per heavy atom. The first-order chi connectivity index (χ1) is 10.5. The van der Waals surface area contributed by atoms with Crippen molar-refractivity contribution < 1.29 is 9.59 Å². The van der Waals surface area contributed by atoms with Crippen LogP contribution in [0.1, 0.15) is 32.3 Å². The zero-order valence-corrected chi connectivity index (χ0v) is 13.9. The van der Waals surface area contributed by atoms with Gasteiger partial charge in [-0.25, -0.2) is 0 Å². The predicted molar refractivity (Wildman–Crippen MR) is 87.7 cm³/mol. The fraction of sp³-hybridized carbons (Fsp3) is 0.529. The van der Waals surface area contributed by atoms with Crippen LogP contribution < -0.4 is 5.32 Å². The number of benzene rings is 1. The lowest BCUT2D eigenvalue weighted by Crippen LogP contribution is -2.47. The Bertz CT molecular complexity index is 537. The number of nitrogens with zero attached hydrogens (tertiary/aromatic N) is 1. The van der Waals surface area contributed by atoms with Gasteiger partial charge in [0.05, 0.1) is 6.42 Å². The normalized spacial score (nSPS) is 15.9. The van der Waals surface area contributed by atoms with Crippen molar-refractivity contribution in [2.75, 3.05) is 13.1 Å². The highest BCUT2D eigenvalue weighted by Crippen LogP contribution is 2.18. The maximum absolute atomic E-state index is 12.3. The summed E-state index contributed by atoms with van der Waals surface area (Å²) >= 11 is 6.10. The lowest BCUT2D eigenvalue weighted by atomic mass is 10.0. The standard InChI is InChI=1S/C17H23ClN2O2/c1-12(2)17(22)19-14-7-9-20(10-8-14)16(21)11-13-5-3-4-6-15(13)18/h3-6,12,14H,7-11H2,1-2H3,(H,19,22). The third-order valence-corrected chi connectivity index (χ3v) is 4.39. The molecule has 1 fully saturated rings. The van der Waals surface area contributed by atoms with E-state index in [9.17, 15) is 9.59 Å². The Morgan fingerprint density at radius 1 is 1.27 bits per heavy atom. The van der Waals surface area contributed by atoms with Crippen molar-refractivity contribution in [1.29, 1.82) is 0 Å². The minimum absolute atomic E-state index is 0.000107. The average Bonchev–Trinajstić information content (AvgIpc) is 2.50. The van der Waals surface area contributed by atoms with Gasteiger partial charge in [-0.05, 0) is 24.5 Å². The van der Waals surface area contributed by atoms with Crippen molar-refractivity contribution in [2.24, 2.45) is 5.92 Å². The number of halogens is 1. The first-order valence-corrected chi connectivity index (χ1v) is 8.16. The number of nitrogens with one attached hydrogen (secondary N) is 1. The Morgan fingerprint density at radius 2 is 1.91 bits per heavy atom. The maximum Gasteiger partial charge on any atom is 0.227 e. The van der Waals surface area contributed by atoms with Gasteiger partial charge in [0.2, 0.25) is 11.8 Å². The van der Waals surface area contributed by atoms with Gasteiger partial charge >= 0.3 is 0 Å². The molecule has 0 aliphatic carbocycles. The summed E-state index contributed by atoms with van der Waals surface area (Å²) in [4.78, 5) is 25.9. The molecule has 0 unspecified atom stereocenters. The number of carbonyl (C=O) groups excluding carboxylic acids is 2. The van der Waals surface area contributed by atoms with Crippen LogP contribution in [0.15, 0.2) is 24.3 Å². The van der Waals surface area contributed by atoms with Crippen molar-refractivity contribution in [3.8, 4) is 0 Å². The molecule has 22 heavy (non-hydrogen) atoms. The smallest absolute Gasteiger partial charge is 0.227 e. The lowest BCUT2D eigenvalue weighted by Gasteiger charge is -2.33. The van der Waals surface area contributed by atoms with E-state index >= 15 is 0 Å². The number of piperidine rings is 1. The molecule has 0 atom stereocenters. The van der Waals surface area contributed by atoms with E-state index in [1.807, 2.05) is 36.9 Å². The molecule has 1 heterocycles. The van der Waals surface area contributed by atoms with Gasteiger partial charge in [0.15, 0.2) is 0 Å². The molecule has 1 saturated heterocycles. The summed E-state index contributed by atoms with van der Waals surface area (Å²) in [5.41, 5.74) is 0.865. The van der Waals surface area contributed by atoms with Crippen LogP contribution in [0.3, 0.4) is 0 Å². The highest BCUT2D eigenvalue weighted by Gasteiger charge is 2.24. The quantitative estimate of drug-likeness (QED) is 0.926. The summed E-state index contributed by atoms with van der Waals surface area (Å²) in [5, 5.41) is 3.67. The SMILES string of the molecule is CC(C)C(=O)NC1CCN(C(=O)Cc2ccccc2Cl)CC1. The molecule has 2 amide bonds. The summed E-state index contributed by atoms with van der Waals surface area (Å²) in [6.07, 6.45) is 1.96. The van der Waals surface area contributed by atoms with Crippen LogP contribution in [0.4, 0.5) is 0 Å². The molecule has 0 radical (unpaired) electrons. The first-order valence-electron chi connectivity index (χ1n) is 7.79. The molecule has 0 bridgehead atoms. The van der Waals surface area contributed by atoms with Gasteiger partial charge in [0.1, 0.15) is 0 Å². The molecule has 1 aliphatic heterocycles. The molecule has 120 valence electrons. The molecule has 1 aromatic carbocycles. The van der Waals surface area contributed by atoms with E-state index in [0.717, 1.165) is 18.4 Å². The van der Waals surface area contributed by atoms with Crippen molar-refractivity contribution in [1.82, 2.24) is 10.2 Å². The summed E-state index contributed by atoms with van der Waals surface area (Å²) in [6.45, 7) is 5.15. The number of hydrogen-bond acceptors (Lipinski definition) is 2. The topological polar surface area (TPSA) is 49.4 Å². The van der Waals surface area contributed by atoms with E-state index in [4.69, 9.17) is 11.6 Å². The zero-order valence-electron chi connectivity index (χ0n) is 13.1. The molecule has 0 saturated carbocycles. The van der Waals surface area contributed by atoms with E-state index in [1.54, 1.807) is 6.07 Å². The fourth-order valence-corrected chi connectivity index (χ4v) is 2.76. The Balaban J connectivity index is 1.83. The van der Waals surface area contributed by atoms with Gasteiger partial charge in [-0.1, -0.05) is 43.6 Å². The van der Waals surface area contributed by atoms with Crippen molar-refractivity contribution in [3.05, 3.63) is 34.9 Å². The zero-order chi connectivity index (χ0) is 16.1. The second-order valence-electron chi connectivity index (χ2n) is 6.09. The molecule has 0 spiro atoms. The van der Waals surface area contributed by atoms with Crippen LogP contribution in [-0.2, 0) is 16.0 Å². The molecule has 4 nitrogen and oxygen atoms in total. The summed E-state index contributed by atoms with van der Waals surface area (Å²) < 4.78 is 0. The molecule has 1 aromatic rings. The van der Waals surface area contributed by atoms with Gasteiger partial charge in [-0.15, -0.1) is 0 Å². The summed E-state index contributed by atoms with van der Waals surface area (Å²) in [5.74, 6) is 0.183. The number of carbonyl (C=O) groups is 2. The number of amides is 2. The second kappa shape index (κ2) is 7.63. The van der Waals surface area contributed by atoms with Gasteiger partial charge in [0.25, 0.3) is 0 Å². The fourth-order valence-electron chi connectivity index (χ4n) is 2.56. The molecule has 2 rings (SSSR count). The average molecular weight is 323 g/mol. The summed E-state index contributed by atoms with van der Waals surface area (Å²) in [7, 11) is 0. The van der Waals surface area contributed by atoms with E-state index in [2.05, 4.69) is 5.32 Å². The Kier molecular flexibility index (Phi) is 5.83. The summed E-state index contributed by atoms with van der Waals surface area (Å²) in [6, 6.07) is 7.62. The van der Waals surface area contributed by atoms with E-state index in [-0.39, 0.29) is 23.8 Å². The second-order valence-corrected chi connectivity index (χ2v) is 6.49. The number of rotatable bonds is 4. The van der Waals surface area contributed by atoms with Crippen LogP contribution in [-0.4, -0.2) is 35.8 Å². The molecule has 5 heteroatoms. The minimum atomic E-state index is -0.000107. The van der Waals surface area contributed by atoms with Crippen LogP contribution in [0, 0.1) is 5.92 Å². The lowest BCUT2D eigenvalue weighted by molar-refractivity contribution is -0.131. The van der Waals surface area contributed by atoms with Gasteiger partial charge in [-0.2, -0.15) is 0 Å². The number of hydrogen-bond donors (Lipinski definition) is 1. The predicted octanol–water partition coefficient (Wildman–Crippen LogP) is 2.65. The highest BCUT2D eigenvalue weighted by molar-refractivity contribution is 6.31. The monoisotopic (exact) mass is 322 g/mol. The third kappa shape index (κ3) is 4.47.